The largest absolute Gasteiger partial charge is 0.356 e. The lowest BCUT2D eigenvalue weighted by molar-refractivity contribution is -0.239. The van der Waals surface area contributed by atoms with Crippen LogP contribution in [0.1, 0.15) is 20.8 Å². The Hall–Kier alpha value is -2.72. The van der Waals surface area contributed by atoms with Crippen LogP contribution in [-0.4, -0.2) is 53.2 Å². The molecule has 0 saturated carbocycles. The maximum Gasteiger partial charge on any atom is 0.216 e. The Labute approximate surface area is 199 Å². The molecular weight excluding hydrogens is 460 g/mol. The van der Waals surface area contributed by atoms with Gasteiger partial charge in [0.1, 0.15) is 17.5 Å². The number of fused-ring (bicyclic) bond motifs is 4. The van der Waals surface area contributed by atoms with E-state index in [1.807, 2.05) is 25.7 Å². The van der Waals surface area contributed by atoms with Gasteiger partial charge in [-0.1, -0.05) is 0 Å². The van der Waals surface area contributed by atoms with Crippen LogP contribution in [0.3, 0.4) is 0 Å². The first-order chi connectivity index (χ1) is 16.1. The Morgan fingerprint density at radius 3 is 2.35 bits per heavy atom. The van der Waals surface area contributed by atoms with Gasteiger partial charge in [0.05, 0.1) is 21.2 Å². The lowest BCUT2D eigenvalue weighted by Gasteiger charge is -2.39. The summed E-state index contributed by atoms with van der Waals surface area (Å²) in [7, 11) is 0. The van der Waals surface area contributed by atoms with E-state index in [9.17, 15) is 18.7 Å². The molecule has 0 bridgehead atoms. The highest BCUT2D eigenvalue weighted by molar-refractivity contribution is 7.25. The Kier molecular flexibility index (Phi) is 5.76. The average molecular weight is 486 g/mol. The van der Waals surface area contributed by atoms with Crippen LogP contribution in [0, 0.1) is 11.6 Å². The summed E-state index contributed by atoms with van der Waals surface area (Å²) in [5, 5.41) is 11.5. The number of hydrogen-bond donors (Lipinski definition) is 1. The average Bonchev–Trinajstić information content (AvgIpc) is 2.78. The molecule has 34 heavy (non-hydrogen) atoms. The summed E-state index contributed by atoms with van der Waals surface area (Å²) in [6, 6.07) is 8.34. The summed E-state index contributed by atoms with van der Waals surface area (Å²) in [5.74, 6) is -0.324. The van der Waals surface area contributed by atoms with Crippen molar-refractivity contribution in [1.82, 2.24) is 9.88 Å². The number of piperazine rings is 1. The second-order valence-electron chi connectivity index (χ2n) is 9.45. The van der Waals surface area contributed by atoms with Crippen molar-refractivity contribution in [2.24, 2.45) is 0 Å². The summed E-state index contributed by atoms with van der Waals surface area (Å²) in [5.41, 5.74) is -0.313. The molecule has 0 aliphatic carbocycles. The molecule has 1 fully saturated rings. The minimum Gasteiger partial charge on any atom is -0.356 e. The predicted octanol–water partition coefficient (Wildman–Crippen LogP) is 4.45. The number of anilines is 1. The van der Waals surface area contributed by atoms with E-state index < -0.39 is 23.6 Å². The van der Waals surface area contributed by atoms with Gasteiger partial charge in [0.25, 0.3) is 0 Å². The van der Waals surface area contributed by atoms with Gasteiger partial charge in [0, 0.05) is 41.7 Å². The maximum absolute atomic E-state index is 14.1. The number of pyridine rings is 1. The normalized spacial score (nSPS) is 16.6. The molecule has 2 aromatic carbocycles. The van der Waals surface area contributed by atoms with Gasteiger partial charge < -0.3 is 14.7 Å². The molecule has 6 nitrogen and oxygen atoms in total. The van der Waals surface area contributed by atoms with Crippen molar-refractivity contribution in [1.29, 1.82) is 0 Å². The molecule has 1 aliphatic rings. The molecule has 178 valence electrons. The van der Waals surface area contributed by atoms with Crippen LogP contribution in [0.2, 0.25) is 0 Å². The van der Waals surface area contributed by atoms with Crippen LogP contribution < -0.4 is 10.3 Å². The monoisotopic (exact) mass is 485 g/mol. The molecule has 4 aromatic rings. The molecule has 1 unspecified atom stereocenters. The molecule has 1 atom stereocenters. The molecule has 1 N–H and O–H groups in total. The van der Waals surface area contributed by atoms with E-state index in [1.165, 1.54) is 35.6 Å². The molecule has 0 spiro atoms. The fourth-order valence-electron chi connectivity index (χ4n) is 4.30. The van der Waals surface area contributed by atoms with Crippen molar-refractivity contribution in [3.63, 3.8) is 0 Å². The third-order valence-electron chi connectivity index (χ3n) is 5.89. The number of aliphatic hydroxyl groups is 1. The van der Waals surface area contributed by atoms with E-state index in [0.29, 0.717) is 57.7 Å². The second kappa shape index (κ2) is 8.49. The van der Waals surface area contributed by atoms with E-state index in [0.717, 1.165) is 0 Å². The van der Waals surface area contributed by atoms with Crippen LogP contribution in [0.5, 0.6) is 0 Å². The zero-order chi connectivity index (χ0) is 24.2. The minimum atomic E-state index is -1.01. The fraction of sp³-hybridized carbons (Fsp3) is 0.360. The number of halogens is 2. The van der Waals surface area contributed by atoms with Gasteiger partial charge in [0.2, 0.25) is 6.41 Å². The zero-order valence-corrected chi connectivity index (χ0v) is 20.0. The van der Waals surface area contributed by atoms with E-state index in [1.54, 1.807) is 12.1 Å². The van der Waals surface area contributed by atoms with Crippen LogP contribution in [0.25, 0.3) is 31.1 Å². The predicted molar refractivity (Wildman–Crippen MR) is 131 cm³/mol. The number of hydrogen-bond acceptors (Lipinski definition) is 7. The van der Waals surface area contributed by atoms with Gasteiger partial charge in [-0.3, -0.25) is 9.69 Å². The highest BCUT2D eigenvalue weighted by atomic mass is 32.1. The van der Waals surface area contributed by atoms with E-state index in [2.05, 4.69) is 4.90 Å². The number of aromatic nitrogens is 1. The van der Waals surface area contributed by atoms with Crippen molar-refractivity contribution in [2.75, 3.05) is 31.1 Å². The summed E-state index contributed by atoms with van der Waals surface area (Å²) >= 11 is 1.35. The first-order valence-electron chi connectivity index (χ1n) is 11.1. The summed E-state index contributed by atoms with van der Waals surface area (Å²) in [6.45, 7) is 7.85. The first-order valence-corrected chi connectivity index (χ1v) is 11.9. The van der Waals surface area contributed by atoms with Crippen LogP contribution in [-0.2, 0) is 4.74 Å². The summed E-state index contributed by atoms with van der Waals surface area (Å²) in [6.07, 6.45) is -1.01. The van der Waals surface area contributed by atoms with Crippen LogP contribution in [0.15, 0.2) is 41.2 Å². The molecule has 3 heterocycles. The van der Waals surface area contributed by atoms with Crippen molar-refractivity contribution < 1.29 is 18.6 Å². The van der Waals surface area contributed by atoms with Crippen LogP contribution in [0.4, 0.5) is 14.6 Å². The molecule has 9 heteroatoms. The standard InChI is InChI=1S/C25H25F2N3O3S/c1-25(2,3)33-24(32)30-10-8-29(9-11-30)23-22-20(16-12-14(26)4-6-18(16)28-23)21(31)17-13-15(27)5-7-19(17)34-22/h4-7,12-13,24,32H,8-11H2,1-3H3. The molecular formula is C25H25F2N3O3S. The fourth-order valence-corrected chi connectivity index (χ4v) is 5.49. The number of benzene rings is 2. The van der Waals surface area contributed by atoms with Crippen molar-refractivity contribution in [2.45, 2.75) is 32.8 Å². The third-order valence-corrected chi connectivity index (χ3v) is 7.06. The van der Waals surface area contributed by atoms with Gasteiger partial charge >= 0.3 is 0 Å². The van der Waals surface area contributed by atoms with Crippen LogP contribution >= 0.6 is 11.3 Å². The number of rotatable bonds is 3. The quantitative estimate of drug-likeness (QED) is 0.263. The molecule has 5 rings (SSSR count). The molecule has 1 saturated heterocycles. The Bertz CT molecular complexity index is 1460. The molecule has 0 radical (unpaired) electrons. The first kappa shape index (κ1) is 23.0. The SMILES string of the molecule is CC(C)(C)OC(O)N1CCN(c2nc3ccc(F)cc3c3c(=O)c4cc(F)ccc4sc23)CC1. The third kappa shape index (κ3) is 4.24. The second-order valence-corrected chi connectivity index (χ2v) is 10.5. The van der Waals surface area contributed by atoms with Gasteiger partial charge in [-0.2, -0.15) is 0 Å². The van der Waals surface area contributed by atoms with Gasteiger partial charge in [0.15, 0.2) is 5.43 Å². The van der Waals surface area contributed by atoms with Gasteiger partial charge in [-0.05, 0) is 57.2 Å². The lowest BCUT2D eigenvalue weighted by Crippen LogP contribution is -2.52. The summed E-state index contributed by atoms with van der Waals surface area (Å²) < 4.78 is 35.0. The van der Waals surface area contributed by atoms with E-state index >= 15 is 0 Å². The Balaban J connectivity index is 1.62. The minimum absolute atomic E-state index is 0.271. The molecule has 0 amide bonds. The summed E-state index contributed by atoms with van der Waals surface area (Å²) in [4.78, 5) is 22.2. The Morgan fingerprint density at radius 1 is 1.03 bits per heavy atom. The van der Waals surface area contributed by atoms with Gasteiger partial charge in [-0.15, -0.1) is 11.3 Å². The Morgan fingerprint density at radius 2 is 1.68 bits per heavy atom. The maximum atomic E-state index is 14.1. The van der Waals surface area contributed by atoms with Gasteiger partial charge in [-0.25, -0.2) is 13.8 Å². The molecule has 2 aromatic heterocycles. The number of nitrogens with zero attached hydrogens (tertiary/aromatic N) is 3. The number of aliphatic hydroxyl groups excluding tert-OH is 1. The molecule has 1 aliphatic heterocycles. The highest BCUT2D eigenvalue weighted by Gasteiger charge is 2.28. The number of ether oxygens (including phenoxy) is 1. The van der Waals surface area contributed by atoms with Crippen molar-refractivity contribution >= 4 is 48.2 Å². The zero-order valence-electron chi connectivity index (χ0n) is 19.1. The van der Waals surface area contributed by atoms with E-state index in [-0.39, 0.29) is 10.8 Å². The van der Waals surface area contributed by atoms with Crippen molar-refractivity contribution in [3.8, 4) is 0 Å². The highest BCUT2D eigenvalue weighted by Crippen LogP contribution is 2.36. The lowest BCUT2D eigenvalue weighted by atomic mass is 10.1. The van der Waals surface area contributed by atoms with E-state index in [4.69, 9.17) is 9.72 Å². The smallest absolute Gasteiger partial charge is 0.216 e. The van der Waals surface area contributed by atoms with Crippen molar-refractivity contribution in [3.05, 3.63) is 58.3 Å². The topological polar surface area (TPSA) is 65.9 Å².